The average Bonchev–Trinajstić information content (AvgIpc) is 2.35. The molecule has 0 heterocycles. The first-order chi connectivity index (χ1) is 8.33. The maximum Gasteiger partial charge on any atom is 0.143 e. The lowest BCUT2D eigenvalue weighted by atomic mass is 9.59. The van der Waals surface area contributed by atoms with Crippen LogP contribution in [0.15, 0.2) is 11.1 Å². The molecule has 1 nitrogen and oxygen atoms in total. The molecule has 0 N–H and O–H groups in total. The second-order valence-corrected chi connectivity index (χ2v) is 6.15. The molecule has 3 aliphatic rings. The van der Waals surface area contributed by atoms with Gasteiger partial charge in [0.25, 0.3) is 0 Å². The lowest BCUT2D eigenvalue weighted by Crippen LogP contribution is -2.41. The molecule has 0 aromatic rings. The number of Topliss-reactive ketones (excluding diaryl/α,β-unsaturated/α-hetero) is 1. The number of carbonyl (C=O) groups excluding carboxylic acids is 1. The van der Waals surface area contributed by atoms with E-state index in [0.29, 0.717) is 23.5 Å². The van der Waals surface area contributed by atoms with Crippen LogP contribution >= 0.6 is 0 Å². The molecule has 0 aliphatic heterocycles. The Morgan fingerprint density at radius 2 is 1.82 bits per heavy atom. The van der Waals surface area contributed by atoms with Gasteiger partial charge in [0.1, 0.15) is 5.78 Å². The van der Waals surface area contributed by atoms with Crippen LogP contribution in [0.5, 0.6) is 0 Å². The molecule has 0 spiro atoms. The summed E-state index contributed by atoms with van der Waals surface area (Å²) >= 11 is 0. The van der Waals surface area contributed by atoms with Gasteiger partial charge in [-0.05, 0) is 50.9 Å². The molecule has 3 atom stereocenters. The van der Waals surface area contributed by atoms with Gasteiger partial charge in [0.05, 0.1) is 0 Å². The Kier molecular flexibility index (Phi) is 3.10. The molecule has 0 amide bonds. The first kappa shape index (κ1) is 11.5. The first-order valence-electron chi connectivity index (χ1n) is 7.58. The van der Waals surface area contributed by atoms with Crippen LogP contribution in [0.2, 0.25) is 0 Å². The third-order valence-electron chi connectivity index (χ3n) is 5.23. The molecule has 0 radical (unpaired) electrons. The molecule has 0 aromatic heterocycles. The molecule has 1 saturated carbocycles. The molecule has 0 saturated heterocycles. The van der Waals surface area contributed by atoms with Crippen molar-refractivity contribution in [3.8, 4) is 0 Å². The number of hydrogen-bond donors (Lipinski definition) is 0. The van der Waals surface area contributed by atoms with Gasteiger partial charge in [-0.25, -0.2) is 0 Å². The van der Waals surface area contributed by atoms with Crippen molar-refractivity contribution in [1.82, 2.24) is 0 Å². The fourth-order valence-corrected chi connectivity index (χ4v) is 4.53. The van der Waals surface area contributed by atoms with E-state index in [4.69, 9.17) is 0 Å². The summed E-state index contributed by atoms with van der Waals surface area (Å²) in [6.07, 6.45) is 11.3. The van der Waals surface area contributed by atoms with Crippen molar-refractivity contribution in [2.45, 2.75) is 64.7 Å². The predicted molar refractivity (Wildman–Crippen MR) is 69.7 cm³/mol. The highest BCUT2D eigenvalue weighted by atomic mass is 16.1. The van der Waals surface area contributed by atoms with E-state index in [2.05, 4.69) is 6.92 Å². The van der Waals surface area contributed by atoms with E-state index < -0.39 is 0 Å². The second kappa shape index (κ2) is 4.59. The smallest absolute Gasteiger partial charge is 0.143 e. The maximum absolute atomic E-state index is 12.5. The van der Waals surface area contributed by atoms with Gasteiger partial charge in [-0.1, -0.05) is 30.9 Å². The SMILES string of the molecule is CCCC1C2=C(CCCC2)C2CCCC1C2=O. The van der Waals surface area contributed by atoms with Crippen molar-refractivity contribution >= 4 is 5.78 Å². The van der Waals surface area contributed by atoms with Crippen molar-refractivity contribution in [3.63, 3.8) is 0 Å². The highest BCUT2D eigenvalue weighted by Gasteiger charge is 2.44. The highest BCUT2D eigenvalue weighted by Crippen LogP contribution is 2.50. The second-order valence-electron chi connectivity index (χ2n) is 6.15. The lowest BCUT2D eigenvalue weighted by Gasteiger charge is -2.44. The summed E-state index contributed by atoms with van der Waals surface area (Å²) < 4.78 is 0. The van der Waals surface area contributed by atoms with Crippen LogP contribution in [0, 0.1) is 17.8 Å². The zero-order valence-corrected chi connectivity index (χ0v) is 11.0. The molecule has 1 fully saturated rings. The van der Waals surface area contributed by atoms with Crippen molar-refractivity contribution in [3.05, 3.63) is 11.1 Å². The van der Waals surface area contributed by atoms with Gasteiger partial charge in [0.2, 0.25) is 0 Å². The van der Waals surface area contributed by atoms with Crippen LogP contribution in [0.3, 0.4) is 0 Å². The average molecular weight is 232 g/mol. The minimum Gasteiger partial charge on any atom is -0.299 e. The van der Waals surface area contributed by atoms with Crippen molar-refractivity contribution in [1.29, 1.82) is 0 Å². The van der Waals surface area contributed by atoms with Crippen LogP contribution in [-0.4, -0.2) is 5.78 Å². The molecule has 3 aliphatic carbocycles. The monoisotopic (exact) mass is 232 g/mol. The van der Waals surface area contributed by atoms with E-state index in [1.54, 1.807) is 11.1 Å². The molecule has 3 rings (SSSR count). The summed E-state index contributed by atoms with van der Waals surface area (Å²) in [6.45, 7) is 2.27. The summed E-state index contributed by atoms with van der Waals surface area (Å²) in [4.78, 5) is 12.5. The van der Waals surface area contributed by atoms with Crippen molar-refractivity contribution < 1.29 is 4.79 Å². The van der Waals surface area contributed by atoms with E-state index in [1.807, 2.05) is 0 Å². The third kappa shape index (κ3) is 1.78. The molecule has 17 heavy (non-hydrogen) atoms. The Morgan fingerprint density at radius 3 is 2.59 bits per heavy atom. The Hall–Kier alpha value is -0.590. The van der Waals surface area contributed by atoms with E-state index in [9.17, 15) is 4.79 Å². The van der Waals surface area contributed by atoms with E-state index in [0.717, 1.165) is 6.42 Å². The topological polar surface area (TPSA) is 17.1 Å². The number of allylic oxidation sites excluding steroid dienone is 2. The Balaban J connectivity index is 2.00. The minimum absolute atomic E-state index is 0.358. The molecule has 0 aromatic carbocycles. The van der Waals surface area contributed by atoms with E-state index >= 15 is 0 Å². The van der Waals surface area contributed by atoms with Crippen LogP contribution in [0.25, 0.3) is 0 Å². The summed E-state index contributed by atoms with van der Waals surface area (Å²) in [6, 6.07) is 0. The van der Waals surface area contributed by atoms with Crippen molar-refractivity contribution in [2.24, 2.45) is 17.8 Å². The van der Waals surface area contributed by atoms with Gasteiger partial charge < -0.3 is 0 Å². The zero-order valence-electron chi connectivity index (χ0n) is 11.0. The standard InChI is InChI=1S/C16H24O/c1-2-6-11-12-7-3-4-8-13(12)15-10-5-9-14(11)16(15)17/h11,14-15H,2-10H2,1H3. The van der Waals surface area contributed by atoms with Crippen molar-refractivity contribution in [2.75, 3.05) is 0 Å². The number of hydrogen-bond acceptors (Lipinski definition) is 1. The molecule has 94 valence electrons. The maximum atomic E-state index is 12.5. The lowest BCUT2D eigenvalue weighted by molar-refractivity contribution is -0.130. The van der Waals surface area contributed by atoms with E-state index in [1.165, 1.54) is 51.4 Å². The van der Waals surface area contributed by atoms with Gasteiger partial charge >= 0.3 is 0 Å². The highest BCUT2D eigenvalue weighted by molar-refractivity contribution is 5.89. The summed E-state index contributed by atoms with van der Waals surface area (Å²) in [5.74, 6) is 2.03. The summed E-state index contributed by atoms with van der Waals surface area (Å²) in [5, 5.41) is 0. The summed E-state index contributed by atoms with van der Waals surface area (Å²) in [7, 11) is 0. The summed E-state index contributed by atoms with van der Waals surface area (Å²) in [5.41, 5.74) is 3.35. The van der Waals surface area contributed by atoms with Crippen LogP contribution < -0.4 is 0 Å². The van der Waals surface area contributed by atoms with Gasteiger partial charge in [0.15, 0.2) is 0 Å². The molecule has 3 unspecified atom stereocenters. The number of rotatable bonds is 2. The van der Waals surface area contributed by atoms with Gasteiger partial charge in [0, 0.05) is 11.8 Å². The Morgan fingerprint density at radius 1 is 1.06 bits per heavy atom. The molecule has 2 bridgehead atoms. The largest absolute Gasteiger partial charge is 0.299 e. The molecular weight excluding hydrogens is 208 g/mol. The first-order valence-corrected chi connectivity index (χ1v) is 7.58. The quantitative estimate of drug-likeness (QED) is 0.650. The van der Waals surface area contributed by atoms with Gasteiger partial charge in [-0.3, -0.25) is 4.79 Å². The van der Waals surface area contributed by atoms with Crippen LogP contribution in [0.1, 0.15) is 64.7 Å². The third-order valence-corrected chi connectivity index (χ3v) is 5.23. The Bertz CT molecular complexity index is 353. The predicted octanol–water partition coefficient (Wildman–Crippen LogP) is 4.27. The van der Waals surface area contributed by atoms with Gasteiger partial charge in [-0.2, -0.15) is 0 Å². The minimum atomic E-state index is 0.358. The fraction of sp³-hybridized carbons (Fsp3) is 0.812. The van der Waals surface area contributed by atoms with E-state index in [-0.39, 0.29) is 0 Å². The zero-order chi connectivity index (χ0) is 11.8. The van der Waals surface area contributed by atoms with Crippen LogP contribution in [0.4, 0.5) is 0 Å². The Labute approximate surface area is 105 Å². The molecular formula is C16H24O. The normalized spacial score (nSPS) is 37.0. The number of fused-ring (bicyclic) bond motifs is 3. The fourth-order valence-electron chi connectivity index (χ4n) is 4.53. The number of carbonyl (C=O) groups is 1. The van der Waals surface area contributed by atoms with Gasteiger partial charge in [-0.15, -0.1) is 0 Å². The number of ketones is 1. The molecule has 1 heteroatoms. The van der Waals surface area contributed by atoms with Crippen LogP contribution in [-0.2, 0) is 4.79 Å².